The number of morpholine rings is 1. The van der Waals surface area contributed by atoms with E-state index in [1.165, 1.54) is 16.4 Å². The number of hydrogen-bond donors (Lipinski definition) is 1. The number of ether oxygens (including phenoxy) is 1. The van der Waals surface area contributed by atoms with Crippen molar-refractivity contribution in [1.29, 1.82) is 0 Å². The molecule has 1 fully saturated rings. The molecule has 1 aliphatic carbocycles. The standard InChI is InChI=1S/C17H21FN2O4S/c18-15-7-6-14(19-17(21)13-4-2-1-3-5-13)12-16(15)25(22,23)20-8-10-24-11-9-20/h1-2,6-7,12-13H,3-5,8-11H2,(H,19,21)/t13-/m1/s1. The minimum atomic E-state index is -3.96. The van der Waals surface area contributed by atoms with Gasteiger partial charge in [-0.15, -0.1) is 0 Å². The van der Waals surface area contributed by atoms with E-state index in [9.17, 15) is 17.6 Å². The smallest absolute Gasteiger partial charge is 0.246 e. The maximum atomic E-state index is 14.2. The van der Waals surface area contributed by atoms with E-state index >= 15 is 0 Å². The molecule has 136 valence electrons. The van der Waals surface area contributed by atoms with Crippen LogP contribution in [0, 0.1) is 11.7 Å². The molecule has 1 aromatic rings. The van der Waals surface area contributed by atoms with Crippen molar-refractivity contribution in [1.82, 2.24) is 4.31 Å². The number of halogens is 1. The maximum absolute atomic E-state index is 14.2. The second kappa shape index (κ2) is 7.63. The molecule has 1 amide bonds. The van der Waals surface area contributed by atoms with Crippen molar-refractivity contribution in [2.75, 3.05) is 31.6 Å². The van der Waals surface area contributed by atoms with Crippen LogP contribution in [0.4, 0.5) is 10.1 Å². The molecular formula is C17H21FN2O4S. The van der Waals surface area contributed by atoms with Crippen molar-refractivity contribution in [3.8, 4) is 0 Å². The molecule has 1 saturated heterocycles. The van der Waals surface area contributed by atoms with E-state index in [4.69, 9.17) is 4.74 Å². The number of rotatable bonds is 4. The third-order valence-electron chi connectivity index (χ3n) is 4.43. The first-order valence-electron chi connectivity index (χ1n) is 8.32. The van der Waals surface area contributed by atoms with Crippen LogP contribution < -0.4 is 5.32 Å². The van der Waals surface area contributed by atoms with Crippen molar-refractivity contribution in [3.05, 3.63) is 36.2 Å². The first-order chi connectivity index (χ1) is 12.0. The number of nitrogens with zero attached hydrogens (tertiary/aromatic N) is 1. The molecule has 0 bridgehead atoms. The molecule has 1 aromatic carbocycles. The summed E-state index contributed by atoms with van der Waals surface area (Å²) in [6.45, 7) is 0.943. The van der Waals surface area contributed by atoms with Gasteiger partial charge >= 0.3 is 0 Å². The predicted octanol–water partition coefficient (Wildman–Crippen LogP) is 2.14. The Morgan fingerprint density at radius 3 is 2.68 bits per heavy atom. The Labute approximate surface area is 146 Å². The average Bonchev–Trinajstić information content (AvgIpc) is 2.64. The number of nitrogens with one attached hydrogen (secondary N) is 1. The van der Waals surface area contributed by atoms with Crippen molar-refractivity contribution >= 4 is 21.6 Å². The van der Waals surface area contributed by atoms with Gasteiger partial charge in [-0.3, -0.25) is 4.79 Å². The van der Waals surface area contributed by atoms with Gasteiger partial charge in [0.2, 0.25) is 15.9 Å². The third kappa shape index (κ3) is 4.08. The van der Waals surface area contributed by atoms with Gasteiger partial charge in [0.05, 0.1) is 13.2 Å². The molecule has 0 saturated carbocycles. The van der Waals surface area contributed by atoms with Crippen molar-refractivity contribution < 1.29 is 22.3 Å². The van der Waals surface area contributed by atoms with E-state index in [1.54, 1.807) is 0 Å². The summed E-state index contributed by atoms with van der Waals surface area (Å²) in [6, 6.07) is 3.64. The highest BCUT2D eigenvalue weighted by atomic mass is 32.2. The third-order valence-corrected chi connectivity index (χ3v) is 6.34. The monoisotopic (exact) mass is 368 g/mol. The van der Waals surface area contributed by atoms with Gasteiger partial charge in [0, 0.05) is 24.7 Å². The van der Waals surface area contributed by atoms with Gasteiger partial charge < -0.3 is 10.1 Å². The molecule has 0 unspecified atom stereocenters. The lowest BCUT2D eigenvalue weighted by Crippen LogP contribution is -2.40. The summed E-state index contributed by atoms with van der Waals surface area (Å²) in [4.78, 5) is 11.9. The highest BCUT2D eigenvalue weighted by molar-refractivity contribution is 7.89. The number of carbonyl (C=O) groups excluding carboxylic acids is 1. The Balaban J connectivity index is 1.80. The van der Waals surface area contributed by atoms with Crippen LogP contribution in [0.1, 0.15) is 19.3 Å². The first kappa shape index (κ1) is 18.0. The average molecular weight is 368 g/mol. The van der Waals surface area contributed by atoms with Crippen LogP contribution in [0.3, 0.4) is 0 Å². The lowest BCUT2D eigenvalue weighted by atomic mass is 9.93. The van der Waals surface area contributed by atoms with E-state index in [0.717, 1.165) is 18.9 Å². The van der Waals surface area contributed by atoms with Crippen LogP contribution in [0.15, 0.2) is 35.2 Å². The number of hydrogen-bond acceptors (Lipinski definition) is 4. The number of anilines is 1. The van der Waals surface area contributed by atoms with Crippen LogP contribution in [0.25, 0.3) is 0 Å². The minimum Gasteiger partial charge on any atom is -0.379 e. The molecule has 2 aliphatic rings. The summed E-state index contributed by atoms with van der Waals surface area (Å²) in [5.74, 6) is -1.15. The second-order valence-corrected chi connectivity index (χ2v) is 8.04. The quantitative estimate of drug-likeness (QED) is 0.826. The molecule has 0 aromatic heterocycles. The van der Waals surface area contributed by atoms with Crippen LogP contribution >= 0.6 is 0 Å². The Hall–Kier alpha value is -1.77. The molecular weight excluding hydrogens is 347 g/mol. The van der Waals surface area contributed by atoms with E-state index < -0.39 is 20.7 Å². The fourth-order valence-corrected chi connectivity index (χ4v) is 4.48. The van der Waals surface area contributed by atoms with Crippen molar-refractivity contribution in [2.45, 2.75) is 24.2 Å². The Bertz CT molecular complexity index is 773. The van der Waals surface area contributed by atoms with Gasteiger partial charge in [-0.1, -0.05) is 12.2 Å². The topological polar surface area (TPSA) is 75.7 Å². The number of amides is 1. The van der Waals surface area contributed by atoms with E-state index in [1.807, 2.05) is 12.2 Å². The zero-order chi connectivity index (χ0) is 17.9. The summed E-state index contributed by atoms with van der Waals surface area (Å²) in [5, 5.41) is 2.71. The van der Waals surface area contributed by atoms with Gasteiger partial charge in [-0.05, 0) is 37.5 Å². The lowest BCUT2D eigenvalue weighted by molar-refractivity contribution is -0.120. The second-order valence-electron chi connectivity index (χ2n) is 6.13. The molecule has 25 heavy (non-hydrogen) atoms. The zero-order valence-electron chi connectivity index (χ0n) is 13.8. The number of sulfonamides is 1. The normalized spacial score (nSPS) is 21.9. The minimum absolute atomic E-state index is 0.144. The summed E-state index contributed by atoms with van der Waals surface area (Å²) < 4.78 is 45.8. The van der Waals surface area contributed by atoms with E-state index in [2.05, 4.69) is 5.32 Å². The fourth-order valence-electron chi connectivity index (χ4n) is 2.98. The predicted molar refractivity (Wildman–Crippen MR) is 91.1 cm³/mol. The van der Waals surface area contributed by atoms with Gasteiger partial charge in [-0.2, -0.15) is 4.31 Å². The fraction of sp³-hybridized carbons (Fsp3) is 0.471. The van der Waals surface area contributed by atoms with Crippen molar-refractivity contribution in [2.24, 2.45) is 5.92 Å². The van der Waals surface area contributed by atoms with E-state index in [0.29, 0.717) is 6.42 Å². The van der Waals surface area contributed by atoms with Gasteiger partial charge in [0.1, 0.15) is 10.7 Å². The Morgan fingerprint density at radius 1 is 1.24 bits per heavy atom. The summed E-state index contributed by atoms with van der Waals surface area (Å²) >= 11 is 0. The summed E-state index contributed by atoms with van der Waals surface area (Å²) in [7, 11) is -3.96. The number of allylic oxidation sites excluding steroid dienone is 2. The first-order valence-corrected chi connectivity index (χ1v) is 9.76. The molecule has 8 heteroatoms. The van der Waals surface area contributed by atoms with Crippen LogP contribution in [0.5, 0.6) is 0 Å². The molecule has 3 rings (SSSR count). The largest absolute Gasteiger partial charge is 0.379 e. The summed E-state index contributed by atoms with van der Waals surface area (Å²) in [5.41, 5.74) is 0.285. The van der Waals surface area contributed by atoms with Gasteiger partial charge in [0.25, 0.3) is 0 Å². The molecule has 1 N–H and O–H groups in total. The van der Waals surface area contributed by atoms with Crippen molar-refractivity contribution in [3.63, 3.8) is 0 Å². The Kier molecular flexibility index (Phi) is 5.51. The zero-order valence-corrected chi connectivity index (χ0v) is 14.6. The molecule has 1 aliphatic heterocycles. The number of carbonyl (C=O) groups is 1. The SMILES string of the molecule is O=C(Nc1ccc(F)c(S(=O)(=O)N2CCOCC2)c1)[C@@H]1CC=CCC1. The lowest BCUT2D eigenvalue weighted by Gasteiger charge is -2.26. The highest BCUT2D eigenvalue weighted by Gasteiger charge is 2.29. The maximum Gasteiger partial charge on any atom is 0.246 e. The van der Waals surface area contributed by atoms with E-state index in [-0.39, 0.29) is 43.8 Å². The molecule has 0 radical (unpaired) electrons. The molecule has 1 heterocycles. The molecule has 1 atom stereocenters. The molecule has 6 nitrogen and oxygen atoms in total. The van der Waals surface area contributed by atoms with Crippen LogP contribution in [0.2, 0.25) is 0 Å². The van der Waals surface area contributed by atoms with Gasteiger partial charge in [0.15, 0.2) is 0 Å². The number of benzene rings is 1. The van der Waals surface area contributed by atoms with Gasteiger partial charge in [-0.25, -0.2) is 12.8 Å². The van der Waals surface area contributed by atoms with Crippen LogP contribution in [-0.2, 0) is 19.6 Å². The highest BCUT2D eigenvalue weighted by Crippen LogP contribution is 2.25. The molecule has 0 spiro atoms. The van der Waals surface area contributed by atoms with Crippen LogP contribution in [-0.4, -0.2) is 44.9 Å². The summed E-state index contributed by atoms with van der Waals surface area (Å²) in [6.07, 6.45) is 6.26. The Morgan fingerprint density at radius 2 is 2.00 bits per heavy atom.